The first-order chi connectivity index (χ1) is 8.18. The van der Waals surface area contributed by atoms with Crippen molar-refractivity contribution in [1.82, 2.24) is 0 Å². The number of fused-ring (bicyclic) bond motifs is 1. The van der Waals surface area contributed by atoms with E-state index < -0.39 is 5.82 Å². The molecule has 88 valence electrons. The molecule has 1 unspecified atom stereocenters. The molecule has 2 aliphatic rings. The summed E-state index contributed by atoms with van der Waals surface area (Å²) in [7, 11) is 0. The number of rotatable bonds is 1. The third-order valence-corrected chi connectivity index (χ3v) is 4.20. The smallest absolute Gasteiger partial charge is 0.257 e. The van der Waals surface area contributed by atoms with Crippen LogP contribution in [0.5, 0.6) is 0 Å². The molecule has 1 amide bonds. The number of nitrogens with zero attached hydrogens (tertiary/aromatic N) is 2. The zero-order chi connectivity index (χ0) is 12.0. The Morgan fingerprint density at radius 2 is 2.35 bits per heavy atom. The number of carbonyl (C=O) groups is 1. The SMILES string of the molecule is O=C1C2CSCC2=NN1c1c(F)cccc1Cl. The van der Waals surface area contributed by atoms with E-state index in [-0.39, 0.29) is 22.5 Å². The molecule has 0 radical (unpaired) electrons. The molecule has 17 heavy (non-hydrogen) atoms. The van der Waals surface area contributed by atoms with Gasteiger partial charge in [0.05, 0.1) is 16.7 Å². The Labute approximate surface area is 107 Å². The predicted molar refractivity (Wildman–Crippen MR) is 67.1 cm³/mol. The molecule has 1 atom stereocenters. The lowest BCUT2D eigenvalue weighted by Gasteiger charge is -2.15. The molecule has 2 heterocycles. The molecule has 1 aromatic rings. The van der Waals surface area contributed by atoms with E-state index in [2.05, 4.69) is 5.10 Å². The van der Waals surface area contributed by atoms with Gasteiger partial charge in [-0.2, -0.15) is 21.9 Å². The number of hydrazone groups is 1. The summed E-state index contributed by atoms with van der Waals surface area (Å²) in [4.78, 5) is 12.1. The van der Waals surface area contributed by atoms with Crippen LogP contribution in [-0.4, -0.2) is 23.1 Å². The summed E-state index contributed by atoms with van der Waals surface area (Å²) in [6, 6.07) is 4.33. The first kappa shape index (κ1) is 11.0. The van der Waals surface area contributed by atoms with E-state index in [1.165, 1.54) is 12.1 Å². The number of benzene rings is 1. The van der Waals surface area contributed by atoms with Gasteiger partial charge in [0, 0.05) is 11.5 Å². The lowest BCUT2D eigenvalue weighted by Crippen LogP contribution is -2.28. The zero-order valence-corrected chi connectivity index (χ0v) is 10.3. The Bertz CT molecular complexity index is 514. The van der Waals surface area contributed by atoms with Crippen molar-refractivity contribution in [2.45, 2.75) is 0 Å². The highest BCUT2D eigenvalue weighted by molar-refractivity contribution is 8.00. The molecule has 0 bridgehead atoms. The van der Waals surface area contributed by atoms with Crippen LogP contribution in [0.1, 0.15) is 0 Å². The third kappa shape index (κ3) is 1.65. The monoisotopic (exact) mass is 270 g/mol. The van der Waals surface area contributed by atoms with Gasteiger partial charge in [0.1, 0.15) is 5.69 Å². The number of thioether (sulfide) groups is 1. The molecule has 0 spiro atoms. The summed E-state index contributed by atoms with van der Waals surface area (Å²) >= 11 is 7.59. The van der Waals surface area contributed by atoms with Crippen LogP contribution in [0.25, 0.3) is 0 Å². The molecular formula is C11H8ClFN2OS. The molecular weight excluding hydrogens is 263 g/mol. The van der Waals surface area contributed by atoms with E-state index in [0.717, 1.165) is 22.2 Å². The Morgan fingerprint density at radius 1 is 1.53 bits per heavy atom. The standard InChI is InChI=1S/C11H8ClFN2OS/c12-7-2-1-3-8(13)10(7)15-11(16)6-4-17-5-9(6)14-15/h1-3,6H,4-5H2. The number of hydrogen-bond acceptors (Lipinski definition) is 3. The van der Waals surface area contributed by atoms with Crippen molar-refractivity contribution in [3.63, 3.8) is 0 Å². The fraction of sp³-hybridized carbons (Fsp3) is 0.273. The van der Waals surface area contributed by atoms with Gasteiger partial charge >= 0.3 is 0 Å². The lowest BCUT2D eigenvalue weighted by atomic mass is 10.1. The van der Waals surface area contributed by atoms with Crippen LogP contribution in [0, 0.1) is 11.7 Å². The third-order valence-electron chi connectivity index (χ3n) is 2.82. The van der Waals surface area contributed by atoms with Crippen LogP contribution in [0.4, 0.5) is 10.1 Å². The molecule has 0 aliphatic carbocycles. The van der Waals surface area contributed by atoms with Gasteiger partial charge in [-0.05, 0) is 12.1 Å². The molecule has 1 fully saturated rings. The van der Waals surface area contributed by atoms with E-state index in [9.17, 15) is 9.18 Å². The van der Waals surface area contributed by atoms with Crippen molar-refractivity contribution in [3.05, 3.63) is 29.0 Å². The summed E-state index contributed by atoms with van der Waals surface area (Å²) in [6.07, 6.45) is 0. The summed E-state index contributed by atoms with van der Waals surface area (Å²) in [5.74, 6) is 0.551. The summed E-state index contributed by atoms with van der Waals surface area (Å²) in [5, 5.41) is 5.49. The molecule has 2 aliphatic heterocycles. The van der Waals surface area contributed by atoms with Crippen molar-refractivity contribution in [2.24, 2.45) is 11.0 Å². The first-order valence-corrected chi connectivity index (χ1v) is 6.65. The van der Waals surface area contributed by atoms with Crippen molar-refractivity contribution in [3.8, 4) is 0 Å². The van der Waals surface area contributed by atoms with E-state index in [4.69, 9.17) is 11.6 Å². The van der Waals surface area contributed by atoms with Gasteiger partial charge < -0.3 is 0 Å². The summed E-state index contributed by atoms with van der Waals surface area (Å²) in [6.45, 7) is 0. The van der Waals surface area contributed by atoms with Crippen molar-refractivity contribution in [1.29, 1.82) is 0 Å². The first-order valence-electron chi connectivity index (χ1n) is 5.11. The maximum absolute atomic E-state index is 13.7. The maximum atomic E-state index is 13.7. The molecule has 6 heteroatoms. The quantitative estimate of drug-likeness (QED) is 0.786. The fourth-order valence-corrected chi connectivity index (χ4v) is 3.37. The van der Waals surface area contributed by atoms with Crippen LogP contribution in [-0.2, 0) is 4.79 Å². The molecule has 0 saturated carbocycles. The van der Waals surface area contributed by atoms with E-state index in [0.29, 0.717) is 0 Å². The van der Waals surface area contributed by atoms with E-state index in [1.807, 2.05) is 0 Å². The zero-order valence-electron chi connectivity index (χ0n) is 8.69. The highest BCUT2D eigenvalue weighted by Crippen LogP contribution is 2.36. The van der Waals surface area contributed by atoms with Gasteiger partial charge in [0.15, 0.2) is 5.82 Å². The highest BCUT2D eigenvalue weighted by atomic mass is 35.5. The van der Waals surface area contributed by atoms with Crippen LogP contribution in [0.3, 0.4) is 0 Å². The molecule has 0 aromatic heterocycles. The van der Waals surface area contributed by atoms with Crippen LogP contribution in [0.2, 0.25) is 5.02 Å². The van der Waals surface area contributed by atoms with Crippen molar-refractivity contribution >= 4 is 40.7 Å². The average molecular weight is 271 g/mol. The minimum atomic E-state index is -0.525. The molecule has 0 N–H and O–H groups in total. The Balaban J connectivity index is 2.06. The highest BCUT2D eigenvalue weighted by Gasteiger charge is 2.41. The van der Waals surface area contributed by atoms with Gasteiger partial charge in [0.25, 0.3) is 5.91 Å². The Morgan fingerprint density at radius 3 is 3.06 bits per heavy atom. The van der Waals surface area contributed by atoms with Crippen molar-refractivity contribution in [2.75, 3.05) is 16.5 Å². The topological polar surface area (TPSA) is 32.7 Å². The summed E-state index contributed by atoms with van der Waals surface area (Å²) in [5.41, 5.74) is 0.880. The van der Waals surface area contributed by atoms with Crippen LogP contribution < -0.4 is 5.01 Å². The lowest BCUT2D eigenvalue weighted by molar-refractivity contribution is -0.119. The number of halogens is 2. The van der Waals surface area contributed by atoms with E-state index in [1.54, 1.807) is 17.8 Å². The minimum Gasteiger partial charge on any atom is -0.272 e. The molecule has 1 aromatic carbocycles. The largest absolute Gasteiger partial charge is 0.272 e. The second-order valence-electron chi connectivity index (χ2n) is 3.88. The van der Waals surface area contributed by atoms with Gasteiger partial charge in [-0.25, -0.2) is 4.39 Å². The van der Waals surface area contributed by atoms with Crippen LogP contribution in [0.15, 0.2) is 23.3 Å². The number of amides is 1. The fourth-order valence-electron chi connectivity index (χ4n) is 1.97. The minimum absolute atomic E-state index is 0.0612. The van der Waals surface area contributed by atoms with E-state index >= 15 is 0 Å². The Kier molecular flexibility index (Phi) is 2.60. The second kappa shape index (κ2) is 3.99. The molecule has 1 saturated heterocycles. The maximum Gasteiger partial charge on any atom is 0.257 e. The van der Waals surface area contributed by atoms with Crippen LogP contribution >= 0.6 is 23.4 Å². The number of para-hydroxylation sites is 1. The average Bonchev–Trinajstić information content (AvgIpc) is 2.84. The number of carbonyl (C=O) groups excluding carboxylic acids is 1. The van der Waals surface area contributed by atoms with Gasteiger partial charge in [-0.3, -0.25) is 4.79 Å². The molecule has 3 rings (SSSR count). The predicted octanol–water partition coefficient (Wildman–Crippen LogP) is 2.54. The number of hydrogen-bond donors (Lipinski definition) is 0. The van der Waals surface area contributed by atoms with Gasteiger partial charge in [0.2, 0.25) is 0 Å². The summed E-state index contributed by atoms with van der Waals surface area (Å²) < 4.78 is 13.7. The number of anilines is 1. The van der Waals surface area contributed by atoms with Gasteiger partial charge in [-0.1, -0.05) is 17.7 Å². The van der Waals surface area contributed by atoms with Gasteiger partial charge in [-0.15, -0.1) is 0 Å². The van der Waals surface area contributed by atoms with Crippen molar-refractivity contribution < 1.29 is 9.18 Å². The second-order valence-corrected chi connectivity index (χ2v) is 5.32. The molecule has 3 nitrogen and oxygen atoms in total. The Hall–Kier alpha value is -1.07. The normalized spacial score (nSPS) is 22.9.